The Kier molecular flexibility index (Phi) is 3.85. The van der Waals surface area contributed by atoms with Crippen LogP contribution in [-0.4, -0.2) is 17.6 Å². The standard InChI is InChI=1S/C9H11ClN2O2/c1-2-14-9(13)8-7(10)4-3-6(5-11)12-8/h3-4H,2,5,11H2,1H3. The first-order valence-corrected chi connectivity index (χ1v) is 4.59. The van der Waals surface area contributed by atoms with Crippen LogP contribution in [0.3, 0.4) is 0 Å². The Morgan fingerprint density at radius 1 is 1.64 bits per heavy atom. The monoisotopic (exact) mass is 214 g/mol. The number of carbonyl (C=O) groups is 1. The van der Waals surface area contributed by atoms with Gasteiger partial charge in [0, 0.05) is 6.54 Å². The van der Waals surface area contributed by atoms with Gasteiger partial charge in [0.25, 0.3) is 0 Å². The number of carbonyl (C=O) groups excluding carboxylic acids is 1. The van der Waals surface area contributed by atoms with Crippen molar-refractivity contribution in [1.29, 1.82) is 0 Å². The maximum Gasteiger partial charge on any atom is 0.358 e. The zero-order chi connectivity index (χ0) is 10.6. The molecule has 0 aliphatic carbocycles. The molecule has 1 aromatic rings. The molecule has 4 nitrogen and oxygen atoms in total. The molecule has 1 heterocycles. The summed E-state index contributed by atoms with van der Waals surface area (Å²) in [5, 5.41) is 0.278. The fourth-order valence-electron chi connectivity index (χ4n) is 0.939. The van der Waals surface area contributed by atoms with Gasteiger partial charge in [-0.3, -0.25) is 0 Å². The smallest absolute Gasteiger partial charge is 0.358 e. The largest absolute Gasteiger partial charge is 0.461 e. The van der Waals surface area contributed by atoms with Gasteiger partial charge in [-0.05, 0) is 19.1 Å². The molecule has 0 aromatic carbocycles. The van der Waals surface area contributed by atoms with Crippen molar-refractivity contribution in [3.05, 3.63) is 28.5 Å². The number of pyridine rings is 1. The van der Waals surface area contributed by atoms with E-state index in [1.807, 2.05) is 0 Å². The summed E-state index contributed by atoms with van der Waals surface area (Å²) in [6.07, 6.45) is 0. The Morgan fingerprint density at radius 2 is 2.36 bits per heavy atom. The summed E-state index contributed by atoms with van der Waals surface area (Å²) < 4.78 is 4.78. The average molecular weight is 215 g/mol. The van der Waals surface area contributed by atoms with Crippen molar-refractivity contribution in [3.63, 3.8) is 0 Å². The molecular weight excluding hydrogens is 204 g/mol. The average Bonchev–Trinajstić information content (AvgIpc) is 2.19. The van der Waals surface area contributed by atoms with Crippen LogP contribution < -0.4 is 5.73 Å². The number of nitrogens with two attached hydrogens (primary N) is 1. The first-order valence-electron chi connectivity index (χ1n) is 4.21. The van der Waals surface area contributed by atoms with Crippen molar-refractivity contribution in [2.45, 2.75) is 13.5 Å². The minimum atomic E-state index is -0.521. The molecule has 1 rings (SSSR count). The molecule has 0 aliphatic rings. The van der Waals surface area contributed by atoms with Crippen molar-refractivity contribution in [2.75, 3.05) is 6.61 Å². The van der Waals surface area contributed by atoms with Crippen LogP contribution in [0, 0.1) is 0 Å². The zero-order valence-corrected chi connectivity index (χ0v) is 8.54. The first kappa shape index (κ1) is 10.9. The maximum atomic E-state index is 11.3. The third-order valence-corrected chi connectivity index (χ3v) is 1.89. The highest BCUT2D eigenvalue weighted by Gasteiger charge is 2.13. The highest BCUT2D eigenvalue weighted by molar-refractivity contribution is 6.33. The summed E-state index contributed by atoms with van der Waals surface area (Å²) in [4.78, 5) is 15.3. The van der Waals surface area contributed by atoms with Gasteiger partial charge in [-0.2, -0.15) is 0 Å². The van der Waals surface area contributed by atoms with Gasteiger partial charge in [0.05, 0.1) is 17.3 Å². The molecule has 0 aliphatic heterocycles. The molecule has 14 heavy (non-hydrogen) atoms. The second-order valence-electron chi connectivity index (χ2n) is 2.56. The van der Waals surface area contributed by atoms with Gasteiger partial charge in [0.2, 0.25) is 0 Å². The SMILES string of the molecule is CCOC(=O)c1nc(CN)ccc1Cl. The van der Waals surface area contributed by atoms with E-state index in [0.29, 0.717) is 12.3 Å². The van der Waals surface area contributed by atoms with Crippen LogP contribution in [0.25, 0.3) is 0 Å². The number of hydrogen-bond acceptors (Lipinski definition) is 4. The molecule has 2 N–H and O–H groups in total. The number of aromatic nitrogens is 1. The Labute approximate surface area is 87.0 Å². The first-order chi connectivity index (χ1) is 6.69. The summed E-state index contributed by atoms with van der Waals surface area (Å²) in [6.45, 7) is 2.28. The molecule has 0 saturated carbocycles. The number of halogens is 1. The van der Waals surface area contributed by atoms with E-state index >= 15 is 0 Å². The van der Waals surface area contributed by atoms with Crippen molar-refractivity contribution in [2.24, 2.45) is 5.73 Å². The molecule has 0 amide bonds. The Bertz CT molecular complexity index is 342. The Balaban J connectivity index is 2.99. The lowest BCUT2D eigenvalue weighted by Gasteiger charge is -2.04. The lowest BCUT2D eigenvalue weighted by molar-refractivity contribution is 0.0519. The molecule has 0 bridgehead atoms. The minimum Gasteiger partial charge on any atom is -0.461 e. The van der Waals surface area contributed by atoms with Gasteiger partial charge in [0.15, 0.2) is 5.69 Å². The Hall–Kier alpha value is -1.13. The molecule has 0 atom stereocenters. The number of hydrogen-bond donors (Lipinski definition) is 1. The number of nitrogens with zero attached hydrogens (tertiary/aromatic N) is 1. The number of esters is 1. The van der Waals surface area contributed by atoms with Crippen molar-refractivity contribution in [3.8, 4) is 0 Å². The summed E-state index contributed by atoms with van der Waals surface area (Å²) >= 11 is 5.78. The molecule has 1 aromatic heterocycles. The molecule has 0 unspecified atom stereocenters. The molecule has 0 fully saturated rings. The lowest BCUT2D eigenvalue weighted by Crippen LogP contribution is -2.10. The topological polar surface area (TPSA) is 65.2 Å². The highest BCUT2D eigenvalue weighted by atomic mass is 35.5. The van der Waals surface area contributed by atoms with Gasteiger partial charge < -0.3 is 10.5 Å². The molecule has 76 valence electrons. The van der Waals surface area contributed by atoms with E-state index in [1.54, 1.807) is 19.1 Å². The van der Waals surface area contributed by atoms with Crippen LogP contribution in [0.5, 0.6) is 0 Å². The predicted molar refractivity (Wildman–Crippen MR) is 53.1 cm³/mol. The molecule has 5 heteroatoms. The Morgan fingerprint density at radius 3 is 2.93 bits per heavy atom. The van der Waals surface area contributed by atoms with E-state index in [-0.39, 0.29) is 17.3 Å². The molecule has 0 saturated heterocycles. The second kappa shape index (κ2) is 4.93. The fourth-order valence-corrected chi connectivity index (χ4v) is 1.12. The second-order valence-corrected chi connectivity index (χ2v) is 2.96. The van der Waals surface area contributed by atoms with Gasteiger partial charge in [-0.15, -0.1) is 0 Å². The van der Waals surface area contributed by atoms with E-state index in [4.69, 9.17) is 22.1 Å². The van der Waals surface area contributed by atoms with Crippen LogP contribution in [0.1, 0.15) is 23.1 Å². The normalized spacial score (nSPS) is 9.93. The van der Waals surface area contributed by atoms with Gasteiger partial charge in [0.1, 0.15) is 0 Å². The molecule has 0 radical (unpaired) electrons. The van der Waals surface area contributed by atoms with Crippen LogP contribution in [0.2, 0.25) is 5.02 Å². The molecular formula is C9H11ClN2O2. The van der Waals surface area contributed by atoms with Crippen LogP contribution >= 0.6 is 11.6 Å². The predicted octanol–water partition coefficient (Wildman–Crippen LogP) is 1.37. The van der Waals surface area contributed by atoms with E-state index in [2.05, 4.69) is 4.98 Å². The van der Waals surface area contributed by atoms with Crippen LogP contribution in [-0.2, 0) is 11.3 Å². The summed E-state index contributed by atoms with van der Waals surface area (Å²) in [5.41, 5.74) is 6.12. The summed E-state index contributed by atoms with van der Waals surface area (Å²) in [5.74, 6) is -0.521. The van der Waals surface area contributed by atoms with Gasteiger partial charge in [-0.25, -0.2) is 9.78 Å². The summed E-state index contributed by atoms with van der Waals surface area (Å²) in [6, 6.07) is 3.26. The highest BCUT2D eigenvalue weighted by Crippen LogP contribution is 2.15. The fraction of sp³-hybridized carbons (Fsp3) is 0.333. The minimum absolute atomic E-state index is 0.122. The lowest BCUT2D eigenvalue weighted by atomic mass is 10.3. The third kappa shape index (κ3) is 2.43. The van der Waals surface area contributed by atoms with E-state index in [1.165, 1.54) is 0 Å². The van der Waals surface area contributed by atoms with Crippen LogP contribution in [0.4, 0.5) is 0 Å². The van der Waals surface area contributed by atoms with Gasteiger partial charge >= 0.3 is 5.97 Å². The van der Waals surface area contributed by atoms with E-state index < -0.39 is 5.97 Å². The van der Waals surface area contributed by atoms with Gasteiger partial charge in [-0.1, -0.05) is 11.6 Å². The molecule has 0 spiro atoms. The van der Waals surface area contributed by atoms with E-state index in [0.717, 1.165) is 0 Å². The van der Waals surface area contributed by atoms with Crippen molar-refractivity contribution < 1.29 is 9.53 Å². The number of rotatable bonds is 3. The van der Waals surface area contributed by atoms with Crippen molar-refractivity contribution >= 4 is 17.6 Å². The van der Waals surface area contributed by atoms with Crippen LogP contribution in [0.15, 0.2) is 12.1 Å². The quantitative estimate of drug-likeness (QED) is 0.772. The third-order valence-electron chi connectivity index (χ3n) is 1.58. The van der Waals surface area contributed by atoms with E-state index in [9.17, 15) is 4.79 Å². The zero-order valence-electron chi connectivity index (χ0n) is 7.79. The summed E-state index contributed by atoms with van der Waals surface area (Å²) in [7, 11) is 0. The van der Waals surface area contributed by atoms with Crippen molar-refractivity contribution in [1.82, 2.24) is 4.98 Å². The number of ether oxygens (including phenoxy) is 1. The maximum absolute atomic E-state index is 11.3.